The largest absolute Gasteiger partial charge is 0.372 e. The van der Waals surface area contributed by atoms with Crippen LogP contribution >= 0.6 is 0 Å². The molecule has 1 saturated carbocycles. The van der Waals surface area contributed by atoms with E-state index in [9.17, 15) is 4.79 Å². The molecule has 1 N–H and O–H groups in total. The summed E-state index contributed by atoms with van der Waals surface area (Å²) in [5, 5.41) is 3.09. The van der Waals surface area contributed by atoms with Crippen LogP contribution in [-0.4, -0.2) is 43.0 Å². The fourth-order valence-corrected chi connectivity index (χ4v) is 4.34. The summed E-state index contributed by atoms with van der Waals surface area (Å²) >= 11 is 0. The van der Waals surface area contributed by atoms with Gasteiger partial charge in [0.15, 0.2) is 0 Å². The minimum Gasteiger partial charge on any atom is -0.372 e. The van der Waals surface area contributed by atoms with Gasteiger partial charge in [-0.2, -0.15) is 0 Å². The SMILES string of the molecule is O=C(CC1CCN(C2CC2)CC1)Nc1ccc(N2CCCCC2)cc1. The molecule has 1 amide bonds. The first kappa shape index (κ1) is 16.9. The van der Waals surface area contributed by atoms with Crippen LogP contribution in [0, 0.1) is 5.92 Å². The first-order chi connectivity index (χ1) is 12.3. The molecule has 1 aliphatic carbocycles. The number of amides is 1. The summed E-state index contributed by atoms with van der Waals surface area (Å²) in [7, 11) is 0. The van der Waals surface area contributed by atoms with E-state index in [0.29, 0.717) is 12.3 Å². The molecule has 1 aromatic rings. The Hall–Kier alpha value is -1.55. The second kappa shape index (κ2) is 7.77. The summed E-state index contributed by atoms with van der Waals surface area (Å²) < 4.78 is 0. The van der Waals surface area contributed by atoms with Gasteiger partial charge in [0.25, 0.3) is 0 Å². The zero-order valence-electron chi connectivity index (χ0n) is 15.3. The first-order valence-corrected chi connectivity index (χ1v) is 10.2. The van der Waals surface area contributed by atoms with Crippen molar-refractivity contribution in [3.05, 3.63) is 24.3 Å². The molecule has 0 unspecified atom stereocenters. The molecule has 2 heterocycles. The van der Waals surface area contributed by atoms with Crippen molar-refractivity contribution in [3.8, 4) is 0 Å². The maximum atomic E-state index is 12.4. The predicted molar refractivity (Wildman–Crippen MR) is 103 cm³/mol. The van der Waals surface area contributed by atoms with Crippen molar-refractivity contribution in [2.24, 2.45) is 5.92 Å². The molecule has 136 valence electrons. The number of piperidine rings is 2. The summed E-state index contributed by atoms with van der Waals surface area (Å²) in [5.74, 6) is 0.734. The topological polar surface area (TPSA) is 35.6 Å². The Morgan fingerprint density at radius 1 is 0.920 bits per heavy atom. The van der Waals surface area contributed by atoms with Gasteiger partial charge in [-0.15, -0.1) is 0 Å². The van der Waals surface area contributed by atoms with Crippen LogP contribution in [0.1, 0.15) is 51.4 Å². The molecule has 4 rings (SSSR count). The Labute approximate surface area is 151 Å². The molecule has 0 spiro atoms. The number of carbonyl (C=O) groups is 1. The molecule has 4 heteroatoms. The second-order valence-corrected chi connectivity index (χ2v) is 8.06. The molecule has 2 aliphatic heterocycles. The fraction of sp³-hybridized carbons (Fsp3) is 0.667. The van der Waals surface area contributed by atoms with Gasteiger partial charge < -0.3 is 15.1 Å². The van der Waals surface area contributed by atoms with Gasteiger partial charge in [0, 0.05) is 36.9 Å². The fourth-order valence-electron chi connectivity index (χ4n) is 4.34. The van der Waals surface area contributed by atoms with E-state index < -0.39 is 0 Å². The Morgan fingerprint density at radius 2 is 1.60 bits per heavy atom. The van der Waals surface area contributed by atoms with Crippen molar-refractivity contribution < 1.29 is 4.79 Å². The Balaban J connectivity index is 1.23. The molecule has 25 heavy (non-hydrogen) atoms. The molecule has 0 aromatic heterocycles. The molecule has 3 aliphatic rings. The Kier molecular flexibility index (Phi) is 5.25. The quantitative estimate of drug-likeness (QED) is 0.883. The predicted octanol–water partition coefficient (Wildman–Crippen LogP) is 3.88. The first-order valence-electron chi connectivity index (χ1n) is 10.2. The lowest BCUT2D eigenvalue weighted by Gasteiger charge is -2.31. The van der Waals surface area contributed by atoms with E-state index in [0.717, 1.165) is 24.8 Å². The summed E-state index contributed by atoms with van der Waals surface area (Å²) in [5.41, 5.74) is 2.21. The maximum absolute atomic E-state index is 12.4. The van der Waals surface area contributed by atoms with Crippen molar-refractivity contribution in [2.45, 2.75) is 57.4 Å². The molecule has 1 aromatic carbocycles. The molecule has 3 fully saturated rings. The number of rotatable bonds is 5. The highest BCUT2D eigenvalue weighted by molar-refractivity contribution is 5.91. The highest BCUT2D eigenvalue weighted by Gasteiger charge is 2.32. The zero-order chi connectivity index (χ0) is 17.1. The molecule has 0 atom stereocenters. The van der Waals surface area contributed by atoms with Crippen LogP contribution < -0.4 is 10.2 Å². The Bertz CT molecular complexity index is 567. The van der Waals surface area contributed by atoms with Crippen LogP contribution in [0.2, 0.25) is 0 Å². The number of nitrogens with zero attached hydrogens (tertiary/aromatic N) is 2. The molecule has 4 nitrogen and oxygen atoms in total. The van der Waals surface area contributed by atoms with Gasteiger partial charge in [0.2, 0.25) is 5.91 Å². The van der Waals surface area contributed by atoms with Crippen molar-refractivity contribution >= 4 is 17.3 Å². The summed E-state index contributed by atoms with van der Waals surface area (Å²) in [4.78, 5) is 17.4. The lowest BCUT2D eigenvalue weighted by molar-refractivity contribution is -0.117. The lowest BCUT2D eigenvalue weighted by Crippen LogP contribution is -2.36. The molecule has 0 radical (unpaired) electrons. The van der Waals surface area contributed by atoms with E-state index in [-0.39, 0.29) is 5.91 Å². The highest BCUT2D eigenvalue weighted by Crippen LogP contribution is 2.31. The van der Waals surface area contributed by atoms with Gasteiger partial charge in [-0.3, -0.25) is 4.79 Å². The zero-order valence-corrected chi connectivity index (χ0v) is 15.3. The van der Waals surface area contributed by atoms with E-state index in [1.54, 1.807) is 0 Å². The number of nitrogens with one attached hydrogen (secondary N) is 1. The van der Waals surface area contributed by atoms with E-state index in [1.807, 2.05) is 0 Å². The van der Waals surface area contributed by atoms with Crippen LogP contribution in [0.5, 0.6) is 0 Å². The smallest absolute Gasteiger partial charge is 0.224 e. The van der Waals surface area contributed by atoms with Gasteiger partial charge in [-0.1, -0.05) is 0 Å². The normalized spacial score (nSPS) is 22.8. The average Bonchev–Trinajstić information content (AvgIpc) is 3.49. The Morgan fingerprint density at radius 3 is 2.24 bits per heavy atom. The standard InChI is InChI=1S/C21H31N3O/c25-21(16-17-10-14-24(15-11-17)20-8-9-20)22-18-4-6-19(7-5-18)23-12-2-1-3-13-23/h4-7,17,20H,1-3,8-16H2,(H,22,25). The van der Waals surface area contributed by atoms with Crippen LogP contribution in [0.25, 0.3) is 0 Å². The van der Waals surface area contributed by atoms with Crippen molar-refractivity contribution in [3.63, 3.8) is 0 Å². The van der Waals surface area contributed by atoms with Gasteiger partial charge in [-0.25, -0.2) is 0 Å². The number of hydrogen-bond donors (Lipinski definition) is 1. The summed E-state index contributed by atoms with van der Waals surface area (Å²) in [6, 6.07) is 9.27. The van der Waals surface area contributed by atoms with E-state index in [4.69, 9.17) is 0 Å². The third kappa shape index (κ3) is 4.55. The van der Waals surface area contributed by atoms with Crippen LogP contribution in [0.3, 0.4) is 0 Å². The number of benzene rings is 1. The molecular formula is C21H31N3O. The highest BCUT2D eigenvalue weighted by atomic mass is 16.1. The van der Waals surface area contributed by atoms with Gasteiger partial charge >= 0.3 is 0 Å². The van der Waals surface area contributed by atoms with Gasteiger partial charge in [0.1, 0.15) is 0 Å². The van der Waals surface area contributed by atoms with Crippen molar-refractivity contribution in [1.82, 2.24) is 4.90 Å². The number of carbonyl (C=O) groups excluding carboxylic acids is 1. The number of anilines is 2. The third-order valence-electron chi connectivity index (χ3n) is 6.06. The minimum absolute atomic E-state index is 0.176. The number of hydrogen-bond acceptors (Lipinski definition) is 3. The van der Waals surface area contributed by atoms with Crippen LogP contribution in [-0.2, 0) is 4.79 Å². The van der Waals surface area contributed by atoms with E-state index in [2.05, 4.69) is 39.4 Å². The maximum Gasteiger partial charge on any atom is 0.224 e. The molecule has 0 bridgehead atoms. The van der Waals surface area contributed by atoms with Gasteiger partial charge in [-0.05, 0) is 88.2 Å². The minimum atomic E-state index is 0.176. The molecule has 2 saturated heterocycles. The van der Waals surface area contributed by atoms with Crippen LogP contribution in [0.4, 0.5) is 11.4 Å². The second-order valence-electron chi connectivity index (χ2n) is 8.06. The summed E-state index contributed by atoms with van der Waals surface area (Å²) in [6.45, 7) is 4.69. The lowest BCUT2D eigenvalue weighted by atomic mass is 9.93. The van der Waals surface area contributed by atoms with Crippen molar-refractivity contribution in [1.29, 1.82) is 0 Å². The van der Waals surface area contributed by atoms with E-state index >= 15 is 0 Å². The number of likely N-dealkylation sites (tertiary alicyclic amines) is 1. The van der Waals surface area contributed by atoms with Crippen molar-refractivity contribution in [2.75, 3.05) is 36.4 Å². The van der Waals surface area contributed by atoms with E-state index in [1.165, 1.54) is 63.7 Å². The average molecular weight is 341 g/mol. The van der Waals surface area contributed by atoms with Gasteiger partial charge in [0.05, 0.1) is 0 Å². The van der Waals surface area contributed by atoms with Crippen LogP contribution in [0.15, 0.2) is 24.3 Å². The third-order valence-corrected chi connectivity index (χ3v) is 6.06. The molecular weight excluding hydrogens is 310 g/mol. The summed E-state index contributed by atoms with van der Waals surface area (Å²) in [6.07, 6.45) is 9.74. The monoisotopic (exact) mass is 341 g/mol.